The first kappa shape index (κ1) is 32.3. The molecule has 3 aromatic rings. The minimum Gasteiger partial charge on any atom is -0.354 e. The Balaban J connectivity index is 1.88. The number of nitrogens with zero attached hydrogens (tertiary/aromatic N) is 2. The van der Waals surface area contributed by atoms with E-state index in [4.69, 9.17) is 0 Å². The summed E-state index contributed by atoms with van der Waals surface area (Å²) in [7, 11) is -3.80. The molecule has 7 nitrogen and oxygen atoms in total. The van der Waals surface area contributed by atoms with Crippen LogP contribution in [0.5, 0.6) is 0 Å². The summed E-state index contributed by atoms with van der Waals surface area (Å²) in [4.78, 5) is 28.9. The number of anilines is 1. The molecule has 2 amide bonds. The lowest BCUT2D eigenvalue weighted by molar-refractivity contribution is -0.141. The third-order valence-electron chi connectivity index (χ3n) is 6.50. The van der Waals surface area contributed by atoms with Crippen LogP contribution in [-0.4, -0.2) is 50.5 Å². The van der Waals surface area contributed by atoms with E-state index in [9.17, 15) is 22.4 Å². The Labute approximate surface area is 250 Å². The lowest BCUT2D eigenvalue weighted by Crippen LogP contribution is -2.51. The van der Waals surface area contributed by atoms with Crippen molar-refractivity contribution >= 4 is 43.5 Å². The van der Waals surface area contributed by atoms with E-state index in [1.807, 2.05) is 68.4 Å². The average Bonchev–Trinajstić information content (AvgIpc) is 2.93. The van der Waals surface area contributed by atoms with E-state index < -0.39 is 21.9 Å². The zero-order valence-corrected chi connectivity index (χ0v) is 26.0. The van der Waals surface area contributed by atoms with Gasteiger partial charge in [0.05, 0.1) is 11.9 Å². The minimum absolute atomic E-state index is 0.0280. The van der Waals surface area contributed by atoms with Gasteiger partial charge in [-0.1, -0.05) is 84.4 Å². The number of hydrogen-bond acceptors (Lipinski definition) is 4. The first-order chi connectivity index (χ1) is 19.5. The minimum atomic E-state index is -3.80. The highest BCUT2D eigenvalue weighted by molar-refractivity contribution is 9.10. The number of benzene rings is 3. The SMILES string of the molecule is CC(C)CNC(=O)C(Cc1ccccc1)N(Cc1ccc(Br)cc1)C(=O)CCCN(c1ccccc1F)S(C)(=O)=O. The van der Waals surface area contributed by atoms with Gasteiger partial charge in [-0.15, -0.1) is 0 Å². The topological polar surface area (TPSA) is 86.8 Å². The van der Waals surface area contributed by atoms with Crippen molar-refractivity contribution in [3.63, 3.8) is 0 Å². The third-order valence-corrected chi connectivity index (χ3v) is 8.20. The summed E-state index contributed by atoms with van der Waals surface area (Å²) < 4.78 is 41.3. The molecule has 0 fully saturated rings. The van der Waals surface area contributed by atoms with Crippen molar-refractivity contribution in [2.75, 3.05) is 23.7 Å². The molecule has 1 unspecified atom stereocenters. The predicted octanol–water partition coefficient (Wildman–Crippen LogP) is 5.55. The second kappa shape index (κ2) is 15.1. The van der Waals surface area contributed by atoms with E-state index in [0.717, 1.165) is 26.2 Å². The zero-order chi connectivity index (χ0) is 30.0. The predicted molar refractivity (Wildman–Crippen MR) is 164 cm³/mol. The third kappa shape index (κ3) is 9.97. The molecule has 0 aliphatic rings. The van der Waals surface area contributed by atoms with Crippen molar-refractivity contribution in [1.29, 1.82) is 0 Å². The van der Waals surface area contributed by atoms with Crippen LogP contribution in [0.25, 0.3) is 0 Å². The number of hydrogen-bond donors (Lipinski definition) is 1. The van der Waals surface area contributed by atoms with Crippen molar-refractivity contribution < 1.29 is 22.4 Å². The summed E-state index contributed by atoms with van der Waals surface area (Å²) >= 11 is 3.43. The summed E-state index contributed by atoms with van der Waals surface area (Å²) in [5.74, 6) is -0.981. The van der Waals surface area contributed by atoms with Crippen molar-refractivity contribution in [2.45, 2.75) is 45.7 Å². The van der Waals surface area contributed by atoms with Gasteiger partial charge in [0.15, 0.2) is 0 Å². The van der Waals surface area contributed by atoms with Crippen molar-refractivity contribution in [2.24, 2.45) is 5.92 Å². The maximum absolute atomic E-state index is 14.5. The molecule has 0 aromatic heterocycles. The summed E-state index contributed by atoms with van der Waals surface area (Å²) in [6, 6.07) is 21.9. The molecule has 10 heteroatoms. The van der Waals surface area contributed by atoms with E-state index in [1.165, 1.54) is 18.2 Å². The molecule has 0 spiro atoms. The summed E-state index contributed by atoms with van der Waals surface area (Å²) in [5, 5.41) is 2.99. The molecule has 0 saturated heterocycles. The fraction of sp³-hybridized carbons (Fsp3) is 0.355. The Morgan fingerprint density at radius 3 is 2.17 bits per heavy atom. The van der Waals surface area contributed by atoms with Crippen LogP contribution in [0.4, 0.5) is 10.1 Å². The smallest absolute Gasteiger partial charge is 0.243 e. The van der Waals surface area contributed by atoms with E-state index in [0.29, 0.717) is 13.0 Å². The molecule has 3 aromatic carbocycles. The second-order valence-electron chi connectivity index (χ2n) is 10.4. The van der Waals surface area contributed by atoms with Gasteiger partial charge in [-0.05, 0) is 47.7 Å². The summed E-state index contributed by atoms with van der Waals surface area (Å²) in [5.41, 5.74) is 1.69. The van der Waals surface area contributed by atoms with Crippen LogP contribution in [0.15, 0.2) is 83.3 Å². The van der Waals surface area contributed by atoms with Crippen molar-refractivity contribution in [3.05, 3.63) is 100 Å². The molecule has 41 heavy (non-hydrogen) atoms. The summed E-state index contributed by atoms with van der Waals surface area (Å²) in [6.07, 6.45) is 1.44. The Hall–Kier alpha value is -3.24. The van der Waals surface area contributed by atoms with Gasteiger partial charge in [0.25, 0.3) is 0 Å². The second-order valence-corrected chi connectivity index (χ2v) is 13.2. The van der Waals surface area contributed by atoms with Crippen molar-refractivity contribution in [3.8, 4) is 0 Å². The van der Waals surface area contributed by atoms with E-state index >= 15 is 0 Å². The monoisotopic (exact) mass is 645 g/mol. The Kier molecular flexibility index (Phi) is 11.9. The maximum Gasteiger partial charge on any atom is 0.243 e. The molecule has 1 atom stereocenters. The van der Waals surface area contributed by atoms with E-state index in [1.54, 1.807) is 11.0 Å². The standard InChI is InChI=1S/C31H37BrFN3O4S/c1-23(2)21-34-31(38)29(20-24-10-5-4-6-11-24)35(22-25-15-17-26(32)18-16-25)30(37)14-9-19-36(41(3,39)40)28-13-8-7-12-27(28)33/h4-8,10-13,15-18,23,29H,9,14,19-22H2,1-3H3,(H,34,38). The van der Waals surface area contributed by atoms with Gasteiger partial charge in [0.2, 0.25) is 21.8 Å². The number of halogens is 2. The maximum atomic E-state index is 14.5. The quantitative estimate of drug-likeness (QED) is 0.249. The van der Waals surface area contributed by atoms with Crippen LogP contribution < -0.4 is 9.62 Å². The van der Waals surface area contributed by atoms with E-state index in [-0.39, 0.29) is 49.4 Å². The van der Waals surface area contributed by atoms with Crippen LogP contribution in [0.3, 0.4) is 0 Å². The number of para-hydroxylation sites is 1. The molecule has 0 saturated carbocycles. The van der Waals surface area contributed by atoms with Gasteiger partial charge in [0.1, 0.15) is 11.9 Å². The lowest BCUT2D eigenvalue weighted by Gasteiger charge is -2.32. The van der Waals surface area contributed by atoms with Crippen LogP contribution in [0, 0.1) is 11.7 Å². The van der Waals surface area contributed by atoms with Crippen LogP contribution >= 0.6 is 15.9 Å². The number of carbonyl (C=O) groups excluding carboxylic acids is 2. The molecule has 3 rings (SSSR count). The zero-order valence-electron chi connectivity index (χ0n) is 23.6. The number of rotatable bonds is 14. The molecule has 0 radical (unpaired) electrons. The van der Waals surface area contributed by atoms with Crippen LogP contribution in [-0.2, 0) is 32.6 Å². The van der Waals surface area contributed by atoms with Gasteiger partial charge in [0, 0.05) is 36.9 Å². The molecule has 0 bridgehead atoms. The molecule has 0 aliphatic heterocycles. The van der Waals surface area contributed by atoms with E-state index in [2.05, 4.69) is 21.2 Å². The normalized spacial score (nSPS) is 12.1. The molecule has 0 aliphatic carbocycles. The number of sulfonamides is 1. The van der Waals surface area contributed by atoms with Crippen molar-refractivity contribution in [1.82, 2.24) is 10.2 Å². The van der Waals surface area contributed by atoms with Gasteiger partial charge >= 0.3 is 0 Å². The average molecular weight is 647 g/mol. The van der Waals surface area contributed by atoms with Gasteiger partial charge in [-0.25, -0.2) is 12.8 Å². The fourth-order valence-electron chi connectivity index (χ4n) is 4.40. The molecule has 0 heterocycles. The lowest BCUT2D eigenvalue weighted by atomic mass is 10.0. The molecular formula is C31H37BrFN3O4S. The molecule has 220 valence electrons. The summed E-state index contributed by atoms with van der Waals surface area (Å²) in [6.45, 7) is 4.58. The number of nitrogens with one attached hydrogen (secondary N) is 1. The fourth-order valence-corrected chi connectivity index (χ4v) is 5.63. The number of amides is 2. The van der Waals surface area contributed by atoms with Crippen LogP contribution in [0.2, 0.25) is 0 Å². The first-order valence-corrected chi connectivity index (χ1v) is 16.2. The Morgan fingerprint density at radius 2 is 1.56 bits per heavy atom. The number of carbonyl (C=O) groups is 2. The first-order valence-electron chi connectivity index (χ1n) is 13.5. The Bertz CT molecular complexity index is 1400. The van der Waals surface area contributed by atoms with Gasteiger partial charge in [-0.3, -0.25) is 13.9 Å². The van der Waals surface area contributed by atoms with Crippen LogP contribution in [0.1, 0.15) is 37.8 Å². The van der Waals surface area contributed by atoms with Gasteiger partial charge in [-0.2, -0.15) is 0 Å². The van der Waals surface area contributed by atoms with Gasteiger partial charge < -0.3 is 10.2 Å². The highest BCUT2D eigenvalue weighted by Gasteiger charge is 2.30. The Morgan fingerprint density at radius 1 is 0.927 bits per heavy atom. The highest BCUT2D eigenvalue weighted by atomic mass is 79.9. The molecule has 1 N–H and O–H groups in total. The highest BCUT2D eigenvalue weighted by Crippen LogP contribution is 2.23. The largest absolute Gasteiger partial charge is 0.354 e. The molecular weight excluding hydrogens is 609 g/mol.